The van der Waals surface area contributed by atoms with Crippen molar-refractivity contribution in [3.63, 3.8) is 0 Å². The first-order valence-corrected chi connectivity index (χ1v) is 7.21. The molecule has 0 amide bonds. The molecule has 0 aromatic carbocycles. The Morgan fingerprint density at radius 1 is 0.929 bits per heavy atom. The fourth-order valence-corrected chi connectivity index (χ4v) is 4.63. The first kappa shape index (κ1) is 10.4. The van der Waals surface area contributed by atoms with Gasteiger partial charge >= 0.3 is 0 Å². The van der Waals surface area contributed by atoms with E-state index in [0.29, 0.717) is 11.8 Å². The Morgan fingerprint density at radius 3 is 2.29 bits per heavy atom. The van der Waals surface area contributed by atoms with Gasteiger partial charge in [-0.3, -0.25) is 0 Å². The van der Waals surface area contributed by atoms with Gasteiger partial charge in [0.05, 0.1) is 5.25 Å². The highest BCUT2D eigenvalue weighted by molar-refractivity contribution is 7.89. The monoisotopic (exact) mass is 217 g/mol. The van der Waals surface area contributed by atoms with Crippen molar-refractivity contribution in [2.75, 3.05) is 0 Å². The number of rotatable bonds is 1. The van der Waals surface area contributed by atoms with E-state index in [0.717, 1.165) is 19.3 Å². The third-order valence-corrected chi connectivity index (χ3v) is 5.36. The standard InChI is InChI=1S/C10H19NO2S/c11-14(12,13)10-7-3-5-8-4-1-2-6-9(8)10/h8-10H,1-7H2,(H2,11,12,13). The van der Waals surface area contributed by atoms with E-state index in [9.17, 15) is 8.42 Å². The molecule has 2 aliphatic carbocycles. The van der Waals surface area contributed by atoms with Crippen molar-refractivity contribution >= 4 is 10.0 Å². The number of primary sulfonamides is 1. The highest BCUT2D eigenvalue weighted by Gasteiger charge is 2.39. The van der Waals surface area contributed by atoms with Crippen molar-refractivity contribution in [3.8, 4) is 0 Å². The lowest BCUT2D eigenvalue weighted by Gasteiger charge is -2.40. The van der Waals surface area contributed by atoms with Crippen LogP contribution in [0.25, 0.3) is 0 Å². The van der Waals surface area contributed by atoms with E-state index in [1.807, 2.05) is 0 Å². The molecule has 0 saturated heterocycles. The van der Waals surface area contributed by atoms with Crippen molar-refractivity contribution in [1.82, 2.24) is 0 Å². The van der Waals surface area contributed by atoms with Crippen molar-refractivity contribution in [2.45, 2.75) is 50.2 Å². The molecule has 0 aliphatic heterocycles. The van der Waals surface area contributed by atoms with Crippen LogP contribution in [0.3, 0.4) is 0 Å². The summed E-state index contributed by atoms with van der Waals surface area (Å²) in [4.78, 5) is 0. The SMILES string of the molecule is NS(=O)(=O)C1CCCC2CCCCC21. The summed E-state index contributed by atoms with van der Waals surface area (Å²) in [6.07, 6.45) is 7.81. The molecule has 0 aromatic heterocycles. The quantitative estimate of drug-likeness (QED) is 0.725. The van der Waals surface area contributed by atoms with Gasteiger partial charge in [0.1, 0.15) is 0 Å². The van der Waals surface area contributed by atoms with Gasteiger partial charge in [0.25, 0.3) is 0 Å². The molecule has 0 aromatic rings. The Labute approximate surface area is 86.1 Å². The minimum Gasteiger partial charge on any atom is -0.228 e. The van der Waals surface area contributed by atoms with Gasteiger partial charge in [-0.2, -0.15) is 0 Å². The van der Waals surface area contributed by atoms with Crippen LogP contribution in [0.5, 0.6) is 0 Å². The molecule has 3 atom stereocenters. The second-order valence-corrected chi connectivity index (χ2v) is 6.55. The van der Waals surface area contributed by atoms with Crippen LogP contribution in [-0.2, 0) is 10.0 Å². The lowest BCUT2D eigenvalue weighted by atomic mass is 9.71. The summed E-state index contributed by atoms with van der Waals surface area (Å²) in [5.41, 5.74) is 0. The summed E-state index contributed by atoms with van der Waals surface area (Å²) in [7, 11) is -3.30. The van der Waals surface area contributed by atoms with E-state index in [1.54, 1.807) is 0 Å². The maximum absolute atomic E-state index is 11.4. The first-order valence-electron chi connectivity index (χ1n) is 5.60. The molecule has 2 aliphatic rings. The summed E-state index contributed by atoms with van der Waals surface area (Å²) in [5.74, 6) is 1.01. The number of fused-ring (bicyclic) bond motifs is 1. The van der Waals surface area contributed by atoms with Gasteiger partial charge in [-0.05, 0) is 24.7 Å². The highest BCUT2D eigenvalue weighted by atomic mass is 32.2. The molecule has 4 heteroatoms. The Balaban J connectivity index is 2.17. The van der Waals surface area contributed by atoms with Gasteiger partial charge in [0.15, 0.2) is 0 Å². The van der Waals surface area contributed by atoms with Gasteiger partial charge in [-0.15, -0.1) is 0 Å². The molecule has 3 nitrogen and oxygen atoms in total. The van der Waals surface area contributed by atoms with Gasteiger partial charge in [-0.1, -0.05) is 32.1 Å². The molecule has 2 fully saturated rings. The normalized spacial score (nSPS) is 39.1. The fraction of sp³-hybridized carbons (Fsp3) is 1.00. The summed E-state index contributed by atoms with van der Waals surface area (Å²) in [5, 5.41) is 5.05. The lowest BCUT2D eigenvalue weighted by Crippen LogP contribution is -2.42. The van der Waals surface area contributed by atoms with Gasteiger partial charge in [-0.25, -0.2) is 13.6 Å². The Hall–Kier alpha value is -0.0900. The molecule has 3 unspecified atom stereocenters. The van der Waals surface area contributed by atoms with E-state index < -0.39 is 10.0 Å². The van der Waals surface area contributed by atoms with Crippen LogP contribution in [0.15, 0.2) is 0 Å². The predicted molar refractivity (Wildman–Crippen MR) is 56.2 cm³/mol. The van der Waals surface area contributed by atoms with Gasteiger partial charge < -0.3 is 0 Å². The summed E-state index contributed by atoms with van der Waals surface area (Å²) in [6.45, 7) is 0. The topological polar surface area (TPSA) is 60.2 Å². The second-order valence-electron chi connectivity index (χ2n) is 4.77. The number of sulfonamides is 1. The summed E-state index contributed by atoms with van der Waals surface area (Å²) in [6, 6.07) is 0. The smallest absolute Gasteiger partial charge is 0.212 e. The average Bonchev–Trinajstić information content (AvgIpc) is 2.15. The van der Waals surface area contributed by atoms with Crippen LogP contribution in [0.2, 0.25) is 0 Å². The number of hydrogen-bond acceptors (Lipinski definition) is 2. The van der Waals surface area contributed by atoms with Crippen LogP contribution in [0.4, 0.5) is 0 Å². The van der Waals surface area contributed by atoms with E-state index >= 15 is 0 Å². The zero-order valence-corrected chi connectivity index (χ0v) is 9.30. The second kappa shape index (κ2) is 3.81. The molecule has 2 rings (SSSR count). The Bertz CT molecular complexity index is 297. The molecule has 0 heterocycles. The molecular formula is C10H19NO2S. The van der Waals surface area contributed by atoms with Crippen molar-refractivity contribution in [3.05, 3.63) is 0 Å². The Kier molecular flexibility index (Phi) is 2.84. The fourth-order valence-electron chi connectivity index (χ4n) is 3.29. The molecule has 0 spiro atoms. The summed E-state index contributed by atoms with van der Waals surface area (Å²) >= 11 is 0. The molecule has 0 radical (unpaired) electrons. The maximum Gasteiger partial charge on any atom is 0.212 e. The minimum absolute atomic E-state index is 0.235. The average molecular weight is 217 g/mol. The van der Waals surface area contributed by atoms with E-state index in [2.05, 4.69) is 0 Å². The minimum atomic E-state index is -3.30. The zero-order chi connectivity index (χ0) is 10.2. The van der Waals surface area contributed by atoms with Crippen molar-refractivity contribution in [2.24, 2.45) is 17.0 Å². The third-order valence-electron chi connectivity index (χ3n) is 3.93. The lowest BCUT2D eigenvalue weighted by molar-refractivity contribution is 0.174. The third kappa shape index (κ3) is 1.96. The largest absolute Gasteiger partial charge is 0.228 e. The van der Waals surface area contributed by atoms with Crippen LogP contribution in [-0.4, -0.2) is 13.7 Å². The number of hydrogen-bond donors (Lipinski definition) is 1. The van der Waals surface area contributed by atoms with Crippen LogP contribution in [0.1, 0.15) is 44.9 Å². The molecule has 14 heavy (non-hydrogen) atoms. The van der Waals surface area contributed by atoms with Crippen molar-refractivity contribution in [1.29, 1.82) is 0 Å². The molecular weight excluding hydrogens is 198 g/mol. The van der Waals surface area contributed by atoms with E-state index in [1.165, 1.54) is 25.7 Å². The van der Waals surface area contributed by atoms with Gasteiger partial charge in [0, 0.05) is 0 Å². The summed E-state index contributed by atoms with van der Waals surface area (Å²) < 4.78 is 22.8. The molecule has 0 bridgehead atoms. The van der Waals surface area contributed by atoms with Crippen molar-refractivity contribution < 1.29 is 8.42 Å². The molecule has 2 N–H and O–H groups in total. The van der Waals surface area contributed by atoms with Crippen LogP contribution < -0.4 is 5.14 Å². The Morgan fingerprint density at radius 2 is 1.57 bits per heavy atom. The highest BCUT2D eigenvalue weighted by Crippen LogP contribution is 2.42. The number of nitrogens with two attached hydrogens (primary N) is 1. The van der Waals surface area contributed by atoms with Crippen LogP contribution in [0, 0.1) is 11.8 Å². The molecule has 2 saturated carbocycles. The van der Waals surface area contributed by atoms with Crippen LogP contribution >= 0.6 is 0 Å². The van der Waals surface area contributed by atoms with E-state index in [4.69, 9.17) is 5.14 Å². The zero-order valence-electron chi connectivity index (χ0n) is 8.48. The predicted octanol–water partition coefficient (Wildman–Crippen LogP) is 1.63. The maximum atomic E-state index is 11.4. The van der Waals surface area contributed by atoms with E-state index in [-0.39, 0.29) is 5.25 Å². The van der Waals surface area contributed by atoms with Gasteiger partial charge in [0.2, 0.25) is 10.0 Å². The first-order chi connectivity index (χ1) is 6.59. The molecule has 82 valence electrons.